The lowest BCUT2D eigenvalue weighted by molar-refractivity contribution is 0.0845. The molecule has 3 heterocycles. The third-order valence-electron chi connectivity index (χ3n) is 5.15. The first-order valence-electron chi connectivity index (χ1n) is 9.25. The molecule has 0 bridgehead atoms. The number of nitrogens with one attached hydrogen (secondary N) is 1. The number of aromatic nitrogens is 1. The molecule has 0 unspecified atom stereocenters. The first-order valence-corrected chi connectivity index (χ1v) is 10.2. The Hall–Kier alpha value is -2.00. The van der Waals surface area contributed by atoms with Gasteiger partial charge in [-0.1, -0.05) is 12.1 Å². The van der Waals surface area contributed by atoms with E-state index in [-0.39, 0.29) is 12.1 Å². The van der Waals surface area contributed by atoms with Gasteiger partial charge in [0.1, 0.15) is 0 Å². The summed E-state index contributed by atoms with van der Waals surface area (Å²) in [6, 6.07) is 7.71. The van der Waals surface area contributed by atoms with Gasteiger partial charge in [-0.3, -0.25) is 4.90 Å². The number of carbonyl (C=O) groups is 1. The second-order valence-electron chi connectivity index (χ2n) is 6.93. The number of hydrogen-bond donors (Lipinski definition) is 2. The predicted octanol–water partition coefficient (Wildman–Crippen LogP) is 2.11. The van der Waals surface area contributed by atoms with Crippen molar-refractivity contribution in [1.82, 2.24) is 14.8 Å². The number of urea groups is 1. The number of anilines is 1. The van der Waals surface area contributed by atoms with E-state index in [4.69, 9.17) is 4.74 Å². The minimum absolute atomic E-state index is 0.0443. The van der Waals surface area contributed by atoms with Crippen molar-refractivity contribution in [2.24, 2.45) is 0 Å². The normalized spacial score (nSPS) is 24.0. The van der Waals surface area contributed by atoms with Crippen LogP contribution in [0.3, 0.4) is 0 Å². The van der Waals surface area contributed by atoms with Gasteiger partial charge in [-0.25, -0.2) is 9.78 Å². The monoisotopic (exact) mass is 388 g/mol. The first-order chi connectivity index (χ1) is 13.2. The van der Waals surface area contributed by atoms with E-state index in [9.17, 15) is 9.90 Å². The highest BCUT2D eigenvalue weighted by Crippen LogP contribution is 2.23. The Morgan fingerprint density at radius 2 is 2.19 bits per heavy atom. The fourth-order valence-corrected chi connectivity index (χ4v) is 4.23. The zero-order valence-corrected chi connectivity index (χ0v) is 15.9. The molecule has 1 aromatic carbocycles. The van der Waals surface area contributed by atoms with Gasteiger partial charge in [0, 0.05) is 42.8 Å². The van der Waals surface area contributed by atoms with Crippen LogP contribution in [0.25, 0.3) is 11.3 Å². The summed E-state index contributed by atoms with van der Waals surface area (Å²) in [7, 11) is 0. The molecule has 1 aromatic heterocycles. The van der Waals surface area contributed by atoms with Crippen LogP contribution >= 0.6 is 11.3 Å². The molecule has 4 rings (SSSR count). The van der Waals surface area contributed by atoms with E-state index in [1.807, 2.05) is 34.5 Å². The molecule has 2 aliphatic rings. The van der Waals surface area contributed by atoms with Crippen LogP contribution < -0.4 is 5.32 Å². The lowest BCUT2D eigenvalue weighted by atomic mass is 10.1. The summed E-state index contributed by atoms with van der Waals surface area (Å²) in [5.41, 5.74) is 4.48. The molecule has 27 heavy (non-hydrogen) atoms. The standard InChI is InChI=1S/C19H24N4O3S/c24-18-11-26-10-17(18)22-5-2-6-23(8-7-22)19(25)21-15-4-1-3-14(9-15)16-12-27-13-20-16/h1,3-4,9,12-13,17-18,24H,2,5-8,10-11H2,(H,21,25)/t17-,18-/m0/s1. The van der Waals surface area contributed by atoms with Crippen LogP contribution in [0.2, 0.25) is 0 Å². The van der Waals surface area contributed by atoms with Gasteiger partial charge in [-0.05, 0) is 18.6 Å². The van der Waals surface area contributed by atoms with Crippen LogP contribution in [0, 0.1) is 0 Å². The van der Waals surface area contributed by atoms with Gasteiger partial charge in [0.25, 0.3) is 0 Å². The van der Waals surface area contributed by atoms with Gasteiger partial charge in [-0.2, -0.15) is 0 Å². The highest BCUT2D eigenvalue weighted by Gasteiger charge is 2.33. The van der Waals surface area contributed by atoms with Gasteiger partial charge in [0.2, 0.25) is 0 Å². The Balaban J connectivity index is 1.37. The first kappa shape index (κ1) is 18.4. The van der Waals surface area contributed by atoms with Crippen LogP contribution in [-0.4, -0.2) is 77.5 Å². The van der Waals surface area contributed by atoms with Crippen LogP contribution in [0.5, 0.6) is 0 Å². The highest BCUT2D eigenvalue weighted by atomic mass is 32.1. The fourth-order valence-electron chi connectivity index (χ4n) is 3.67. The smallest absolute Gasteiger partial charge is 0.321 e. The molecule has 2 atom stereocenters. The maximum Gasteiger partial charge on any atom is 0.321 e. The lowest BCUT2D eigenvalue weighted by Gasteiger charge is -2.28. The molecule has 2 fully saturated rings. The third kappa shape index (κ3) is 4.30. The van der Waals surface area contributed by atoms with E-state index < -0.39 is 6.10 Å². The van der Waals surface area contributed by atoms with E-state index >= 15 is 0 Å². The molecule has 0 radical (unpaired) electrons. The fraction of sp³-hybridized carbons (Fsp3) is 0.474. The van der Waals surface area contributed by atoms with Crippen LogP contribution in [-0.2, 0) is 4.74 Å². The number of benzene rings is 1. The van der Waals surface area contributed by atoms with Crippen LogP contribution in [0.4, 0.5) is 10.5 Å². The van der Waals surface area contributed by atoms with Gasteiger partial charge < -0.3 is 20.1 Å². The summed E-state index contributed by atoms with van der Waals surface area (Å²) in [6.07, 6.45) is 0.453. The maximum atomic E-state index is 12.7. The van der Waals surface area contributed by atoms with Crippen molar-refractivity contribution in [2.45, 2.75) is 18.6 Å². The topological polar surface area (TPSA) is 77.9 Å². The number of rotatable bonds is 3. The minimum Gasteiger partial charge on any atom is -0.389 e. The number of thiazole rings is 1. The van der Waals surface area contributed by atoms with Crippen molar-refractivity contribution in [2.75, 3.05) is 44.7 Å². The zero-order chi connectivity index (χ0) is 18.6. The molecule has 2 aromatic rings. The molecular formula is C19H24N4O3S. The van der Waals surface area contributed by atoms with Gasteiger partial charge in [-0.15, -0.1) is 11.3 Å². The summed E-state index contributed by atoms with van der Waals surface area (Å²) < 4.78 is 5.37. The van der Waals surface area contributed by atoms with Gasteiger partial charge in [0.05, 0.1) is 36.6 Å². The number of hydrogen-bond acceptors (Lipinski definition) is 6. The second-order valence-corrected chi connectivity index (χ2v) is 7.65. The second kappa shape index (κ2) is 8.35. The molecule has 0 saturated carbocycles. The summed E-state index contributed by atoms with van der Waals surface area (Å²) in [5.74, 6) is 0. The molecule has 0 aliphatic carbocycles. The van der Waals surface area contributed by atoms with E-state index in [2.05, 4.69) is 15.2 Å². The number of aliphatic hydroxyl groups is 1. The quantitative estimate of drug-likeness (QED) is 0.842. The Bertz CT molecular complexity index is 770. The molecule has 2 N–H and O–H groups in total. The molecular weight excluding hydrogens is 364 g/mol. The van der Waals surface area contributed by atoms with Crippen molar-refractivity contribution in [3.63, 3.8) is 0 Å². The minimum atomic E-state index is -0.432. The highest BCUT2D eigenvalue weighted by molar-refractivity contribution is 7.07. The van der Waals surface area contributed by atoms with E-state index in [1.54, 1.807) is 16.8 Å². The van der Waals surface area contributed by atoms with E-state index in [1.165, 1.54) is 0 Å². The average Bonchev–Trinajstić information content (AvgIpc) is 3.29. The van der Waals surface area contributed by atoms with Crippen molar-refractivity contribution in [3.05, 3.63) is 35.2 Å². The Labute approximate surface area is 162 Å². The summed E-state index contributed by atoms with van der Waals surface area (Å²) >= 11 is 1.55. The molecule has 7 nitrogen and oxygen atoms in total. The summed E-state index contributed by atoms with van der Waals surface area (Å²) in [5, 5.41) is 15.0. The number of nitrogens with zero attached hydrogens (tertiary/aromatic N) is 3. The van der Waals surface area contributed by atoms with Crippen molar-refractivity contribution < 1.29 is 14.6 Å². The molecule has 2 aliphatic heterocycles. The SMILES string of the molecule is O=C(Nc1cccc(-c2cscn2)c1)N1CCCN([C@H]2COC[C@@H]2O)CC1. The molecule has 2 amide bonds. The van der Waals surface area contributed by atoms with Crippen LogP contribution in [0.15, 0.2) is 35.2 Å². The number of ether oxygens (including phenoxy) is 1. The molecule has 0 spiro atoms. The third-order valence-corrected chi connectivity index (χ3v) is 5.74. The van der Waals surface area contributed by atoms with Crippen LogP contribution in [0.1, 0.15) is 6.42 Å². The summed E-state index contributed by atoms with van der Waals surface area (Å²) in [4.78, 5) is 21.1. The van der Waals surface area contributed by atoms with Crippen molar-refractivity contribution in [1.29, 1.82) is 0 Å². The predicted molar refractivity (Wildman–Crippen MR) is 105 cm³/mol. The average molecular weight is 388 g/mol. The largest absolute Gasteiger partial charge is 0.389 e. The zero-order valence-electron chi connectivity index (χ0n) is 15.1. The molecule has 8 heteroatoms. The van der Waals surface area contributed by atoms with Gasteiger partial charge >= 0.3 is 6.03 Å². The summed E-state index contributed by atoms with van der Waals surface area (Å²) in [6.45, 7) is 3.93. The van der Waals surface area contributed by atoms with E-state index in [0.29, 0.717) is 26.3 Å². The number of carbonyl (C=O) groups excluding carboxylic acids is 1. The maximum absolute atomic E-state index is 12.7. The molecule has 144 valence electrons. The van der Waals surface area contributed by atoms with E-state index in [0.717, 1.165) is 36.5 Å². The Morgan fingerprint density at radius 1 is 1.26 bits per heavy atom. The Kier molecular flexibility index (Phi) is 5.68. The number of amides is 2. The lowest BCUT2D eigenvalue weighted by Crippen LogP contribution is -2.45. The Morgan fingerprint density at radius 3 is 2.96 bits per heavy atom. The number of aliphatic hydroxyl groups excluding tert-OH is 1. The molecule has 2 saturated heterocycles. The van der Waals surface area contributed by atoms with Crippen molar-refractivity contribution in [3.8, 4) is 11.3 Å². The van der Waals surface area contributed by atoms with Gasteiger partial charge in [0.15, 0.2) is 0 Å². The van der Waals surface area contributed by atoms with Crippen molar-refractivity contribution >= 4 is 23.1 Å².